The van der Waals surface area contributed by atoms with Gasteiger partial charge < -0.3 is 11.1 Å². The molecule has 2 rings (SSSR count). The number of halogens is 2. The van der Waals surface area contributed by atoms with Crippen LogP contribution in [0.15, 0.2) is 11.8 Å². The summed E-state index contributed by atoms with van der Waals surface area (Å²) in [5.74, 6) is 0.565. The van der Waals surface area contributed by atoms with Gasteiger partial charge in [-0.25, -0.2) is 4.39 Å². The van der Waals surface area contributed by atoms with Gasteiger partial charge in [0.1, 0.15) is 6.17 Å². The molecule has 0 spiro atoms. The summed E-state index contributed by atoms with van der Waals surface area (Å²) in [6.07, 6.45) is 4.81. The molecular formula is C10H18ClFN2. The molecule has 1 fully saturated rings. The van der Waals surface area contributed by atoms with Crippen LogP contribution in [-0.2, 0) is 0 Å². The van der Waals surface area contributed by atoms with Gasteiger partial charge in [-0.3, -0.25) is 0 Å². The zero-order chi connectivity index (χ0) is 9.26. The van der Waals surface area contributed by atoms with Crippen LogP contribution in [0.25, 0.3) is 0 Å². The highest BCUT2D eigenvalue weighted by Crippen LogP contribution is 2.36. The molecule has 0 amide bonds. The molecule has 1 aliphatic carbocycles. The van der Waals surface area contributed by atoms with E-state index in [1.165, 1.54) is 5.57 Å². The lowest BCUT2D eigenvalue weighted by molar-refractivity contribution is 0.195. The van der Waals surface area contributed by atoms with Gasteiger partial charge in [-0.15, -0.1) is 12.4 Å². The molecule has 0 radical (unpaired) electrons. The molecule has 0 aromatic carbocycles. The van der Waals surface area contributed by atoms with E-state index in [0.29, 0.717) is 24.9 Å². The first kappa shape index (κ1) is 11.8. The van der Waals surface area contributed by atoms with E-state index in [1.807, 2.05) is 0 Å². The van der Waals surface area contributed by atoms with Crippen molar-refractivity contribution in [1.82, 2.24) is 5.32 Å². The van der Waals surface area contributed by atoms with Gasteiger partial charge in [0, 0.05) is 12.0 Å². The van der Waals surface area contributed by atoms with Crippen molar-refractivity contribution in [1.29, 1.82) is 0 Å². The maximum atomic E-state index is 13.0. The normalized spacial score (nSPS) is 35.3. The van der Waals surface area contributed by atoms with E-state index in [9.17, 15) is 4.39 Å². The van der Waals surface area contributed by atoms with Crippen LogP contribution in [0.3, 0.4) is 0 Å². The maximum Gasteiger partial charge on any atom is 0.102 e. The Bertz CT molecular complexity index is 220. The number of nitrogens with one attached hydrogen (secondary N) is 1. The Morgan fingerprint density at radius 2 is 2.29 bits per heavy atom. The molecule has 0 aromatic heterocycles. The van der Waals surface area contributed by atoms with E-state index in [2.05, 4.69) is 11.5 Å². The summed E-state index contributed by atoms with van der Waals surface area (Å²) < 4.78 is 13.0. The molecule has 2 nitrogen and oxygen atoms in total. The Hall–Kier alpha value is -0.280. The van der Waals surface area contributed by atoms with Crippen molar-refractivity contribution in [2.24, 2.45) is 11.7 Å². The lowest BCUT2D eigenvalue weighted by Gasteiger charge is -2.29. The van der Waals surface area contributed by atoms with Crippen molar-refractivity contribution in [3.05, 3.63) is 11.8 Å². The smallest absolute Gasteiger partial charge is 0.102 e. The van der Waals surface area contributed by atoms with E-state index in [0.717, 1.165) is 19.3 Å². The molecule has 0 saturated heterocycles. The molecule has 14 heavy (non-hydrogen) atoms. The third-order valence-corrected chi connectivity index (χ3v) is 3.18. The molecule has 0 bridgehead atoms. The van der Waals surface area contributed by atoms with Crippen LogP contribution < -0.4 is 11.1 Å². The number of hydrogen-bond donors (Lipinski definition) is 2. The first-order chi connectivity index (χ1) is 6.31. The predicted octanol–water partition coefficient (Wildman–Crippen LogP) is 1.75. The first-order valence-corrected chi connectivity index (χ1v) is 5.10. The van der Waals surface area contributed by atoms with Gasteiger partial charge in [-0.05, 0) is 44.0 Å². The predicted molar refractivity (Wildman–Crippen MR) is 58.2 cm³/mol. The van der Waals surface area contributed by atoms with Crippen molar-refractivity contribution in [2.75, 3.05) is 6.54 Å². The summed E-state index contributed by atoms with van der Waals surface area (Å²) in [6.45, 7) is 0.704. The molecule has 1 heterocycles. The highest BCUT2D eigenvalue weighted by molar-refractivity contribution is 5.85. The highest BCUT2D eigenvalue weighted by atomic mass is 35.5. The molecule has 4 heteroatoms. The van der Waals surface area contributed by atoms with Crippen LogP contribution in [0.2, 0.25) is 0 Å². The van der Waals surface area contributed by atoms with Crippen LogP contribution in [0.4, 0.5) is 4.39 Å². The minimum Gasteiger partial charge on any atom is -0.387 e. The van der Waals surface area contributed by atoms with Crippen molar-refractivity contribution in [3.8, 4) is 0 Å². The Balaban J connectivity index is 0.000000980. The van der Waals surface area contributed by atoms with E-state index in [1.54, 1.807) is 0 Å². The Kier molecular flexibility index (Phi) is 4.20. The zero-order valence-corrected chi connectivity index (χ0v) is 9.02. The third-order valence-electron chi connectivity index (χ3n) is 3.18. The minimum atomic E-state index is -0.598. The van der Waals surface area contributed by atoms with Crippen LogP contribution in [0, 0.1) is 5.92 Å². The van der Waals surface area contributed by atoms with Gasteiger partial charge in [0.25, 0.3) is 0 Å². The average Bonchev–Trinajstić information content (AvgIpc) is 2.49. The minimum absolute atomic E-state index is 0. The molecular weight excluding hydrogens is 203 g/mol. The number of alkyl halides is 1. The fourth-order valence-electron chi connectivity index (χ4n) is 2.49. The third kappa shape index (κ3) is 2.20. The van der Waals surface area contributed by atoms with Gasteiger partial charge >= 0.3 is 0 Å². The van der Waals surface area contributed by atoms with E-state index in [-0.39, 0.29) is 12.4 Å². The summed E-state index contributed by atoms with van der Waals surface area (Å²) in [5, 5.41) is 3.27. The number of fused-ring (bicyclic) bond motifs is 1. The summed E-state index contributed by atoms with van der Waals surface area (Å²) in [5.41, 5.74) is 6.92. The monoisotopic (exact) mass is 220 g/mol. The van der Waals surface area contributed by atoms with Gasteiger partial charge in [0.05, 0.1) is 0 Å². The molecule has 0 aromatic rings. The Morgan fingerprint density at radius 3 is 3.00 bits per heavy atom. The van der Waals surface area contributed by atoms with Crippen LogP contribution >= 0.6 is 12.4 Å². The van der Waals surface area contributed by atoms with Gasteiger partial charge in [-0.2, -0.15) is 0 Å². The van der Waals surface area contributed by atoms with Crippen molar-refractivity contribution < 1.29 is 4.39 Å². The van der Waals surface area contributed by atoms with Crippen LogP contribution in [-0.4, -0.2) is 18.8 Å². The summed E-state index contributed by atoms with van der Waals surface area (Å²) >= 11 is 0. The molecule has 1 saturated carbocycles. The van der Waals surface area contributed by atoms with E-state index >= 15 is 0 Å². The topological polar surface area (TPSA) is 38.0 Å². The van der Waals surface area contributed by atoms with Gasteiger partial charge in [-0.1, -0.05) is 0 Å². The summed E-state index contributed by atoms with van der Waals surface area (Å²) in [7, 11) is 0. The quantitative estimate of drug-likeness (QED) is 0.744. The molecule has 2 aliphatic rings. The molecule has 82 valence electrons. The first-order valence-electron chi connectivity index (χ1n) is 5.10. The standard InChI is InChI=1S/C10H17FN2.ClH/c11-8-1-2-9-7(3-4-12)6-13-10(9)5-8;/h6,8-10,13H,1-5,12H2;1H. The maximum absolute atomic E-state index is 13.0. The lowest BCUT2D eigenvalue weighted by Crippen LogP contribution is -2.35. The lowest BCUT2D eigenvalue weighted by atomic mass is 9.80. The average molecular weight is 221 g/mol. The van der Waals surface area contributed by atoms with E-state index < -0.39 is 6.17 Å². The van der Waals surface area contributed by atoms with Crippen LogP contribution in [0.1, 0.15) is 25.7 Å². The fourth-order valence-corrected chi connectivity index (χ4v) is 2.49. The van der Waals surface area contributed by atoms with E-state index in [4.69, 9.17) is 5.73 Å². The molecule has 3 N–H and O–H groups in total. The van der Waals surface area contributed by atoms with Gasteiger partial charge in [0.2, 0.25) is 0 Å². The second-order valence-electron chi connectivity index (χ2n) is 4.05. The molecule has 3 unspecified atom stereocenters. The SMILES string of the molecule is Cl.NCCC1=CNC2CC(F)CCC12. The summed E-state index contributed by atoms with van der Waals surface area (Å²) in [4.78, 5) is 0. The second kappa shape index (κ2) is 4.99. The van der Waals surface area contributed by atoms with Crippen molar-refractivity contribution in [3.63, 3.8) is 0 Å². The largest absolute Gasteiger partial charge is 0.387 e. The number of nitrogens with two attached hydrogens (primary N) is 1. The van der Waals surface area contributed by atoms with Crippen molar-refractivity contribution in [2.45, 2.75) is 37.9 Å². The Morgan fingerprint density at radius 1 is 1.50 bits per heavy atom. The number of hydrogen-bond acceptors (Lipinski definition) is 2. The highest BCUT2D eigenvalue weighted by Gasteiger charge is 2.34. The van der Waals surface area contributed by atoms with Crippen LogP contribution in [0.5, 0.6) is 0 Å². The van der Waals surface area contributed by atoms with Crippen molar-refractivity contribution >= 4 is 12.4 Å². The second-order valence-corrected chi connectivity index (χ2v) is 4.05. The fraction of sp³-hybridized carbons (Fsp3) is 0.800. The summed E-state index contributed by atoms with van der Waals surface area (Å²) in [6, 6.07) is 0.352. The Labute approximate surface area is 90.5 Å². The van der Waals surface area contributed by atoms with Gasteiger partial charge in [0.15, 0.2) is 0 Å². The number of rotatable bonds is 2. The molecule has 1 aliphatic heterocycles. The molecule has 3 atom stereocenters. The zero-order valence-electron chi connectivity index (χ0n) is 8.21.